The van der Waals surface area contributed by atoms with E-state index in [4.69, 9.17) is 4.74 Å². The normalized spacial score (nSPS) is 10.1. The molecule has 82 valence electrons. The lowest BCUT2D eigenvalue weighted by Crippen LogP contribution is -2.05. The molecule has 0 aliphatic heterocycles. The second-order valence-corrected chi connectivity index (χ2v) is 2.83. The van der Waals surface area contributed by atoms with E-state index in [9.17, 15) is 4.79 Å². The van der Waals surface area contributed by atoms with E-state index in [0.29, 0.717) is 12.6 Å². The molecule has 2 rings (SSSR count). The molecule has 0 spiro atoms. The summed E-state index contributed by atoms with van der Waals surface area (Å²) >= 11 is 0. The van der Waals surface area contributed by atoms with Gasteiger partial charge in [0.25, 0.3) is 5.95 Å². The van der Waals surface area contributed by atoms with Gasteiger partial charge < -0.3 is 4.74 Å². The number of hydrogen-bond acceptors (Lipinski definition) is 6. The van der Waals surface area contributed by atoms with Crippen LogP contribution in [-0.2, 0) is 4.74 Å². The van der Waals surface area contributed by atoms with Gasteiger partial charge in [0.15, 0.2) is 5.69 Å². The van der Waals surface area contributed by atoms with Crippen LogP contribution in [0, 0.1) is 0 Å². The van der Waals surface area contributed by atoms with Crippen LogP contribution in [0.5, 0.6) is 0 Å². The number of rotatable bonds is 3. The van der Waals surface area contributed by atoms with E-state index in [1.807, 2.05) is 0 Å². The molecule has 0 saturated carbocycles. The van der Waals surface area contributed by atoms with Gasteiger partial charge in [-0.1, -0.05) is 0 Å². The van der Waals surface area contributed by atoms with Crippen molar-refractivity contribution in [3.63, 3.8) is 0 Å². The van der Waals surface area contributed by atoms with Crippen molar-refractivity contribution in [1.29, 1.82) is 0 Å². The molecule has 0 aromatic carbocycles. The summed E-state index contributed by atoms with van der Waals surface area (Å²) in [4.78, 5) is 19.2. The van der Waals surface area contributed by atoms with E-state index in [1.165, 1.54) is 29.5 Å². The molecule has 0 amide bonds. The summed E-state index contributed by atoms with van der Waals surface area (Å²) in [6.07, 6.45) is 5.90. The Morgan fingerprint density at radius 3 is 3.00 bits per heavy atom. The first-order valence-corrected chi connectivity index (χ1v) is 4.66. The average Bonchev–Trinajstić information content (AvgIpc) is 2.80. The van der Waals surface area contributed by atoms with Crippen molar-refractivity contribution in [3.8, 4) is 5.95 Å². The highest BCUT2D eigenvalue weighted by atomic mass is 16.5. The van der Waals surface area contributed by atoms with Gasteiger partial charge in [0.2, 0.25) is 0 Å². The van der Waals surface area contributed by atoms with Crippen LogP contribution in [0.3, 0.4) is 0 Å². The summed E-state index contributed by atoms with van der Waals surface area (Å²) in [5.74, 6) is -0.115. The van der Waals surface area contributed by atoms with E-state index in [-0.39, 0.29) is 5.69 Å². The molecule has 0 aliphatic carbocycles. The first-order chi connectivity index (χ1) is 7.81. The fraction of sp³-hybridized carbons (Fsp3) is 0.222. The number of aromatic nitrogens is 5. The number of hydrogen-bond donors (Lipinski definition) is 0. The molecule has 0 aliphatic rings. The highest BCUT2D eigenvalue weighted by Crippen LogP contribution is 2.02. The van der Waals surface area contributed by atoms with Crippen molar-refractivity contribution in [2.75, 3.05) is 6.61 Å². The standard InChI is InChI=1S/C9H9N5O2/c1-2-16-8(15)7-5-14(6-11-7)9-10-3-4-12-13-9/h3-6H,2H2,1H3. The van der Waals surface area contributed by atoms with Crippen molar-refractivity contribution in [2.24, 2.45) is 0 Å². The molecule has 0 N–H and O–H groups in total. The van der Waals surface area contributed by atoms with E-state index in [0.717, 1.165) is 0 Å². The third kappa shape index (κ3) is 2.02. The van der Waals surface area contributed by atoms with Crippen molar-refractivity contribution >= 4 is 5.97 Å². The van der Waals surface area contributed by atoms with Crippen LogP contribution < -0.4 is 0 Å². The maximum atomic E-state index is 11.3. The summed E-state index contributed by atoms with van der Waals surface area (Å²) in [7, 11) is 0. The topological polar surface area (TPSA) is 82.8 Å². The van der Waals surface area contributed by atoms with E-state index >= 15 is 0 Å². The van der Waals surface area contributed by atoms with E-state index in [2.05, 4.69) is 20.2 Å². The summed E-state index contributed by atoms with van der Waals surface area (Å²) in [5, 5.41) is 7.45. The number of carbonyl (C=O) groups is 1. The van der Waals surface area contributed by atoms with Crippen LogP contribution in [-0.4, -0.2) is 37.3 Å². The zero-order chi connectivity index (χ0) is 11.4. The quantitative estimate of drug-likeness (QED) is 0.687. The summed E-state index contributed by atoms with van der Waals surface area (Å²) < 4.78 is 6.31. The Morgan fingerprint density at radius 2 is 2.31 bits per heavy atom. The van der Waals surface area contributed by atoms with Crippen LogP contribution >= 0.6 is 0 Å². The largest absolute Gasteiger partial charge is 0.461 e. The average molecular weight is 219 g/mol. The maximum Gasteiger partial charge on any atom is 0.358 e. The van der Waals surface area contributed by atoms with Crippen molar-refractivity contribution in [3.05, 3.63) is 30.6 Å². The lowest BCUT2D eigenvalue weighted by Gasteiger charge is -1.97. The molecule has 0 unspecified atom stereocenters. The lowest BCUT2D eigenvalue weighted by molar-refractivity contribution is 0.0520. The fourth-order valence-corrected chi connectivity index (χ4v) is 1.10. The molecule has 7 heteroatoms. The predicted molar refractivity (Wildman–Crippen MR) is 52.9 cm³/mol. The second kappa shape index (κ2) is 4.47. The van der Waals surface area contributed by atoms with Gasteiger partial charge in [-0.3, -0.25) is 4.57 Å². The van der Waals surface area contributed by atoms with Gasteiger partial charge in [0.1, 0.15) is 6.33 Å². The zero-order valence-corrected chi connectivity index (χ0v) is 8.57. The molecule has 0 saturated heterocycles. The van der Waals surface area contributed by atoms with Crippen molar-refractivity contribution in [1.82, 2.24) is 24.7 Å². The molecular weight excluding hydrogens is 210 g/mol. The van der Waals surface area contributed by atoms with Gasteiger partial charge in [-0.25, -0.2) is 14.8 Å². The van der Waals surface area contributed by atoms with Gasteiger partial charge in [-0.2, -0.15) is 5.10 Å². The van der Waals surface area contributed by atoms with Crippen molar-refractivity contribution < 1.29 is 9.53 Å². The first kappa shape index (κ1) is 10.2. The van der Waals surface area contributed by atoms with Crippen LogP contribution in [0.25, 0.3) is 5.95 Å². The third-order valence-electron chi connectivity index (χ3n) is 1.77. The Balaban J connectivity index is 2.23. The number of esters is 1. The zero-order valence-electron chi connectivity index (χ0n) is 8.57. The molecule has 0 radical (unpaired) electrons. The molecule has 2 aromatic heterocycles. The second-order valence-electron chi connectivity index (χ2n) is 2.83. The minimum absolute atomic E-state index is 0.217. The molecule has 2 heterocycles. The van der Waals surface area contributed by atoms with Crippen LogP contribution in [0.2, 0.25) is 0 Å². The first-order valence-electron chi connectivity index (χ1n) is 4.66. The minimum atomic E-state index is -0.467. The van der Waals surface area contributed by atoms with Gasteiger partial charge in [-0.15, -0.1) is 5.10 Å². The number of carbonyl (C=O) groups excluding carboxylic acids is 1. The monoisotopic (exact) mass is 219 g/mol. The molecular formula is C9H9N5O2. The highest BCUT2D eigenvalue weighted by Gasteiger charge is 2.11. The lowest BCUT2D eigenvalue weighted by atomic mass is 10.5. The Morgan fingerprint density at radius 1 is 1.44 bits per heavy atom. The summed E-state index contributed by atoms with van der Waals surface area (Å²) in [6.45, 7) is 2.05. The number of imidazole rings is 1. The Kier molecular flexibility index (Phi) is 2.86. The molecule has 0 fully saturated rings. The smallest absolute Gasteiger partial charge is 0.358 e. The summed E-state index contributed by atoms with van der Waals surface area (Å²) in [6, 6.07) is 0. The minimum Gasteiger partial charge on any atom is -0.461 e. The SMILES string of the molecule is CCOC(=O)c1cn(-c2nccnn2)cn1. The Labute approximate surface area is 91.1 Å². The molecule has 7 nitrogen and oxygen atoms in total. The Bertz CT molecular complexity index is 482. The van der Waals surface area contributed by atoms with Gasteiger partial charge >= 0.3 is 5.97 Å². The van der Waals surface area contributed by atoms with Crippen LogP contribution in [0.1, 0.15) is 17.4 Å². The van der Waals surface area contributed by atoms with Gasteiger partial charge in [0, 0.05) is 6.20 Å². The van der Waals surface area contributed by atoms with Crippen LogP contribution in [0.15, 0.2) is 24.9 Å². The highest BCUT2D eigenvalue weighted by molar-refractivity contribution is 5.86. The predicted octanol–water partition coefficient (Wildman–Crippen LogP) is 0.234. The van der Waals surface area contributed by atoms with Gasteiger partial charge in [0.05, 0.1) is 19.0 Å². The fourth-order valence-electron chi connectivity index (χ4n) is 1.10. The third-order valence-corrected chi connectivity index (χ3v) is 1.77. The van der Waals surface area contributed by atoms with Gasteiger partial charge in [-0.05, 0) is 6.92 Å². The molecule has 2 aromatic rings. The Hall–Kier alpha value is -2.31. The molecule has 0 bridgehead atoms. The molecule has 0 atom stereocenters. The van der Waals surface area contributed by atoms with Crippen molar-refractivity contribution in [2.45, 2.75) is 6.92 Å². The number of nitrogens with zero attached hydrogens (tertiary/aromatic N) is 5. The maximum absolute atomic E-state index is 11.3. The van der Waals surface area contributed by atoms with E-state index in [1.54, 1.807) is 6.92 Å². The summed E-state index contributed by atoms with van der Waals surface area (Å²) in [5.41, 5.74) is 0.217. The molecule has 16 heavy (non-hydrogen) atoms. The van der Waals surface area contributed by atoms with E-state index < -0.39 is 5.97 Å². The number of ether oxygens (including phenoxy) is 1. The van der Waals surface area contributed by atoms with Crippen LogP contribution in [0.4, 0.5) is 0 Å².